The molecule has 0 bridgehead atoms. The molecule has 0 aromatic heterocycles. The molecular weight excluding hydrogens is 220 g/mol. The molecule has 0 aliphatic rings. The van der Waals surface area contributed by atoms with E-state index in [4.69, 9.17) is 0 Å². The molecule has 0 atom stereocenters. The fourth-order valence-corrected chi connectivity index (χ4v) is 1.57. The van der Waals surface area contributed by atoms with E-state index >= 15 is 0 Å². The molecule has 88 valence electrons. The lowest BCUT2D eigenvalue weighted by Crippen LogP contribution is -1.92. The van der Waals surface area contributed by atoms with Gasteiger partial charge in [0.1, 0.15) is 0 Å². The first-order chi connectivity index (χ1) is 8.86. The highest BCUT2D eigenvalue weighted by molar-refractivity contribution is 6.04. The van der Waals surface area contributed by atoms with Gasteiger partial charge in [-0.15, -0.1) is 0 Å². The molecule has 2 rings (SSSR count). The van der Waals surface area contributed by atoms with Crippen LogP contribution in [0.2, 0.25) is 0 Å². The highest BCUT2D eigenvalue weighted by Gasteiger charge is 1.97. The highest BCUT2D eigenvalue weighted by Crippen LogP contribution is 2.03. The number of ketones is 1. The molecule has 18 heavy (non-hydrogen) atoms. The number of allylic oxidation sites excluding steroid dienone is 3. The molecule has 2 aromatic carbocycles. The van der Waals surface area contributed by atoms with Crippen molar-refractivity contribution in [2.75, 3.05) is 0 Å². The van der Waals surface area contributed by atoms with E-state index in [-0.39, 0.29) is 5.78 Å². The maximum atomic E-state index is 11.7. The van der Waals surface area contributed by atoms with Gasteiger partial charge in [0, 0.05) is 5.56 Å². The van der Waals surface area contributed by atoms with E-state index in [1.807, 2.05) is 72.8 Å². The second-order valence-corrected chi connectivity index (χ2v) is 3.86. The van der Waals surface area contributed by atoms with Crippen molar-refractivity contribution in [1.82, 2.24) is 0 Å². The van der Waals surface area contributed by atoms with Crippen molar-refractivity contribution >= 4 is 11.9 Å². The Morgan fingerprint density at radius 2 is 1.39 bits per heavy atom. The van der Waals surface area contributed by atoms with Gasteiger partial charge >= 0.3 is 0 Å². The van der Waals surface area contributed by atoms with E-state index < -0.39 is 0 Å². The fourth-order valence-electron chi connectivity index (χ4n) is 1.57. The Balaban J connectivity index is 1.96. The summed E-state index contributed by atoms with van der Waals surface area (Å²) in [6, 6.07) is 19.2. The average molecular weight is 234 g/mol. The van der Waals surface area contributed by atoms with E-state index in [0.29, 0.717) is 5.56 Å². The van der Waals surface area contributed by atoms with E-state index in [9.17, 15) is 4.79 Å². The smallest absolute Gasteiger partial charge is 0.185 e. The van der Waals surface area contributed by atoms with Gasteiger partial charge in [0.25, 0.3) is 0 Å². The van der Waals surface area contributed by atoms with E-state index in [1.54, 1.807) is 12.2 Å². The monoisotopic (exact) mass is 234 g/mol. The lowest BCUT2D eigenvalue weighted by molar-refractivity contribution is 0.104. The van der Waals surface area contributed by atoms with Crippen LogP contribution in [0.1, 0.15) is 15.9 Å². The summed E-state index contributed by atoms with van der Waals surface area (Å²) in [7, 11) is 0. The molecule has 0 amide bonds. The first kappa shape index (κ1) is 12.1. The molecule has 0 spiro atoms. The van der Waals surface area contributed by atoms with Crippen molar-refractivity contribution in [2.45, 2.75) is 0 Å². The Morgan fingerprint density at radius 1 is 0.778 bits per heavy atom. The summed E-state index contributed by atoms with van der Waals surface area (Å²) >= 11 is 0. The van der Waals surface area contributed by atoms with Crippen LogP contribution in [0.5, 0.6) is 0 Å². The third-order valence-corrected chi connectivity index (χ3v) is 2.51. The van der Waals surface area contributed by atoms with Crippen LogP contribution in [0.3, 0.4) is 0 Å². The molecule has 0 N–H and O–H groups in total. The Kier molecular flexibility index (Phi) is 4.26. The first-order valence-electron chi connectivity index (χ1n) is 5.85. The maximum Gasteiger partial charge on any atom is 0.185 e. The lowest BCUT2D eigenvalue weighted by Gasteiger charge is -1.92. The molecule has 0 aliphatic carbocycles. The summed E-state index contributed by atoms with van der Waals surface area (Å²) in [5, 5.41) is 0. The summed E-state index contributed by atoms with van der Waals surface area (Å²) in [6.07, 6.45) is 7.18. The van der Waals surface area contributed by atoms with Crippen LogP contribution >= 0.6 is 0 Å². The number of carbonyl (C=O) groups excluding carboxylic acids is 1. The third kappa shape index (κ3) is 3.56. The number of carbonyl (C=O) groups is 1. The Morgan fingerprint density at radius 3 is 2.06 bits per heavy atom. The summed E-state index contributed by atoms with van der Waals surface area (Å²) in [5.74, 6) is 0.0216. The van der Waals surface area contributed by atoms with Crippen molar-refractivity contribution in [2.24, 2.45) is 0 Å². The normalized spacial score (nSPS) is 11.1. The van der Waals surface area contributed by atoms with Gasteiger partial charge in [-0.1, -0.05) is 78.9 Å². The molecule has 0 unspecified atom stereocenters. The molecule has 0 radical (unpaired) electrons. The zero-order chi connectivity index (χ0) is 12.6. The van der Waals surface area contributed by atoms with Gasteiger partial charge in [0.15, 0.2) is 5.78 Å². The zero-order valence-electron chi connectivity index (χ0n) is 9.99. The van der Waals surface area contributed by atoms with Crippen LogP contribution in [-0.4, -0.2) is 5.78 Å². The van der Waals surface area contributed by atoms with Crippen molar-refractivity contribution in [1.29, 1.82) is 0 Å². The summed E-state index contributed by atoms with van der Waals surface area (Å²) in [6.45, 7) is 0. The van der Waals surface area contributed by atoms with E-state index in [0.717, 1.165) is 5.56 Å². The Bertz CT molecular complexity index is 551. The molecule has 0 aliphatic heterocycles. The SMILES string of the molecule is O=C(/C=C\C=C/c1ccccc1)c1ccccc1. The molecule has 1 nitrogen and oxygen atoms in total. The standard InChI is InChI=1S/C17H14O/c18-17(16-12-5-2-6-13-16)14-8-7-11-15-9-3-1-4-10-15/h1-14H/b11-7-,14-8-. The number of rotatable bonds is 4. The van der Waals surface area contributed by atoms with Gasteiger partial charge in [0.2, 0.25) is 0 Å². The van der Waals surface area contributed by atoms with Gasteiger partial charge in [-0.25, -0.2) is 0 Å². The number of hydrogen-bond acceptors (Lipinski definition) is 1. The molecule has 1 heteroatoms. The average Bonchev–Trinajstić information content (AvgIpc) is 2.45. The minimum Gasteiger partial charge on any atom is -0.289 e. The number of hydrogen-bond donors (Lipinski definition) is 0. The van der Waals surface area contributed by atoms with Gasteiger partial charge in [-0.05, 0) is 11.6 Å². The molecule has 0 saturated carbocycles. The van der Waals surface area contributed by atoms with Crippen molar-refractivity contribution in [3.63, 3.8) is 0 Å². The van der Waals surface area contributed by atoms with Crippen LogP contribution in [0, 0.1) is 0 Å². The largest absolute Gasteiger partial charge is 0.289 e. The van der Waals surface area contributed by atoms with E-state index in [2.05, 4.69) is 0 Å². The maximum absolute atomic E-state index is 11.7. The van der Waals surface area contributed by atoms with E-state index in [1.165, 1.54) is 0 Å². The highest BCUT2D eigenvalue weighted by atomic mass is 16.1. The van der Waals surface area contributed by atoms with Gasteiger partial charge in [-0.2, -0.15) is 0 Å². The van der Waals surface area contributed by atoms with Gasteiger partial charge in [0.05, 0.1) is 0 Å². The molecule has 2 aromatic rings. The Labute approximate surface area is 107 Å². The zero-order valence-corrected chi connectivity index (χ0v) is 9.99. The topological polar surface area (TPSA) is 17.1 Å². The van der Waals surface area contributed by atoms with Gasteiger partial charge < -0.3 is 0 Å². The fraction of sp³-hybridized carbons (Fsp3) is 0. The molecule has 0 saturated heterocycles. The van der Waals surface area contributed by atoms with Crippen LogP contribution in [0.25, 0.3) is 6.08 Å². The lowest BCUT2D eigenvalue weighted by atomic mass is 10.1. The molecular formula is C17H14O. The summed E-state index contributed by atoms with van der Waals surface area (Å²) in [5.41, 5.74) is 1.83. The molecule has 0 heterocycles. The minimum absolute atomic E-state index is 0.0216. The van der Waals surface area contributed by atoms with Crippen molar-refractivity contribution in [3.8, 4) is 0 Å². The quantitative estimate of drug-likeness (QED) is 0.441. The number of benzene rings is 2. The van der Waals surface area contributed by atoms with Crippen molar-refractivity contribution in [3.05, 3.63) is 90.0 Å². The second kappa shape index (κ2) is 6.36. The van der Waals surface area contributed by atoms with Crippen LogP contribution in [-0.2, 0) is 0 Å². The summed E-state index contributed by atoms with van der Waals surface area (Å²) in [4.78, 5) is 11.7. The third-order valence-electron chi connectivity index (χ3n) is 2.51. The first-order valence-corrected chi connectivity index (χ1v) is 5.85. The predicted molar refractivity (Wildman–Crippen MR) is 75.4 cm³/mol. The minimum atomic E-state index is 0.0216. The van der Waals surface area contributed by atoms with Crippen LogP contribution in [0.15, 0.2) is 78.9 Å². The Hall–Kier alpha value is -2.41. The van der Waals surface area contributed by atoms with Gasteiger partial charge in [-0.3, -0.25) is 4.79 Å². The van der Waals surface area contributed by atoms with Crippen LogP contribution in [0.4, 0.5) is 0 Å². The summed E-state index contributed by atoms with van der Waals surface area (Å²) < 4.78 is 0. The van der Waals surface area contributed by atoms with Crippen molar-refractivity contribution < 1.29 is 4.79 Å². The predicted octanol–water partition coefficient (Wildman–Crippen LogP) is 4.14. The van der Waals surface area contributed by atoms with Crippen LogP contribution < -0.4 is 0 Å². The molecule has 0 fully saturated rings. The second-order valence-electron chi connectivity index (χ2n) is 3.86.